The number of hydrogen-bond donors (Lipinski definition) is 1. The van der Waals surface area contributed by atoms with Gasteiger partial charge in [-0.2, -0.15) is 0 Å². The minimum absolute atomic E-state index is 0.158. The van der Waals surface area contributed by atoms with E-state index in [4.69, 9.17) is 0 Å². The molecule has 1 N–H and O–H groups in total. The number of hydrogen-bond acceptors (Lipinski definition) is 6. The first-order valence-electron chi connectivity index (χ1n) is 7.94. The zero-order valence-electron chi connectivity index (χ0n) is 13.7. The first-order valence-corrected chi connectivity index (χ1v) is 10.7. The van der Waals surface area contributed by atoms with Crippen LogP contribution in [0.15, 0.2) is 57.8 Å². The van der Waals surface area contributed by atoms with Gasteiger partial charge in [0.05, 0.1) is 0 Å². The van der Waals surface area contributed by atoms with Crippen molar-refractivity contribution in [2.75, 3.05) is 16.8 Å². The van der Waals surface area contributed by atoms with Crippen molar-refractivity contribution < 1.29 is 4.39 Å². The van der Waals surface area contributed by atoms with Crippen molar-refractivity contribution >= 4 is 45.7 Å². The number of anilines is 2. The SMILES string of the molecule is CCc1ccc(Nc2nnc(SCCSc3ccccc3F)s2)cc1. The van der Waals surface area contributed by atoms with Crippen LogP contribution in [0, 0.1) is 5.82 Å². The van der Waals surface area contributed by atoms with Crippen LogP contribution in [0.2, 0.25) is 0 Å². The molecule has 3 rings (SSSR count). The van der Waals surface area contributed by atoms with Gasteiger partial charge in [-0.25, -0.2) is 4.39 Å². The van der Waals surface area contributed by atoms with E-state index < -0.39 is 0 Å². The molecule has 0 aliphatic heterocycles. The Morgan fingerprint density at radius 2 is 1.76 bits per heavy atom. The predicted octanol–water partition coefficient (Wildman–Crippen LogP) is 5.87. The van der Waals surface area contributed by atoms with Gasteiger partial charge in [0.2, 0.25) is 5.13 Å². The number of halogens is 1. The zero-order valence-corrected chi connectivity index (χ0v) is 16.2. The molecule has 0 saturated carbocycles. The van der Waals surface area contributed by atoms with Crippen molar-refractivity contribution in [3.63, 3.8) is 0 Å². The fourth-order valence-electron chi connectivity index (χ4n) is 2.11. The maximum Gasteiger partial charge on any atom is 0.210 e. The molecule has 0 saturated heterocycles. The lowest BCUT2D eigenvalue weighted by Crippen LogP contribution is -1.89. The van der Waals surface area contributed by atoms with Crippen LogP contribution in [0.1, 0.15) is 12.5 Å². The van der Waals surface area contributed by atoms with Crippen LogP contribution in [-0.2, 0) is 6.42 Å². The lowest BCUT2D eigenvalue weighted by atomic mass is 10.1. The van der Waals surface area contributed by atoms with Gasteiger partial charge in [-0.15, -0.1) is 22.0 Å². The average molecular weight is 392 g/mol. The Morgan fingerprint density at radius 3 is 2.52 bits per heavy atom. The molecule has 25 heavy (non-hydrogen) atoms. The van der Waals surface area contributed by atoms with E-state index in [2.05, 4.69) is 46.7 Å². The van der Waals surface area contributed by atoms with Crippen molar-refractivity contribution in [1.82, 2.24) is 10.2 Å². The van der Waals surface area contributed by atoms with Crippen molar-refractivity contribution in [2.24, 2.45) is 0 Å². The molecule has 0 aliphatic carbocycles. The Kier molecular flexibility index (Phi) is 6.72. The lowest BCUT2D eigenvalue weighted by Gasteiger charge is -2.02. The molecule has 0 bridgehead atoms. The molecule has 3 aromatic rings. The van der Waals surface area contributed by atoms with E-state index in [0.29, 0.717) is 4.90 Å². The number of nitrogens with zero attached hydrogens (tertiary/aromatic N) is 2. The molecule has 7 heteroatoms. The molecule has 1 aromatic heterocycles. The number of nitrogens with one attached hydrogen (secondary N) is 1. The number of thioether (sulfide) groups is 2. The van der Waals surface area contributed by atoms with Crippen molar-refractivity contribution in [2.45, 2.75) is 22.6 Å². The summed E-state index contributed by atoms with van der Waals surface area (Å²) < 4.78 is 14.5. The number of aryl methyl sites for hydroxylation is 1. The molecule has 0 amide bonds. The first-order chi connectivity index (χ1) is 12.2. The fraction of sp³-hybridized carbons (Fsp3) is 0.222. The summed E-state index contributed by atoms with van der Waals surface area (Å²) in [6, 6.07) is 15.2. The van der Waals surface area contributed by atoms with E-state index in [9.17, 15) is 4.39 Å². The topological polar surface area (TPSA) is 37.8 Å². The van der Waals surface area contributed by atoms with Gasteiger partial charge in [-0.3, -0.25) is 0 Å². The molecule has 0 aliphatic rings. The molecular formula is C18H18FN3S3. The predicted molar refractivity (Wildman–Crippen MR) is 107 cm³/mol. The van der Waals surface area contributed by atoms with E-state index >= 15 is 0 Å². The van der Waals surface area contributed by atoms with E-state index in [-0.39, 0.29) is 5.82 Å². The maximum atomic E-state index is 13.5. The quantitative estimate of drug-likeness (QED) is 0.384. The zero-order chi connectivity index (χ0) is 17.5. The normalized spacial score (nSPS) is 10.8. The molecule has 0 radical (unpaired) electrons. The minimum atomic E-state index is -0.158. The molecule has 2 aromatic carbocycles. The molecule has 130 valence electrons. The van der Waals surface area contributed by atoms with Crippen LogP contribution in [-0.4, -0.2) is 21.7 Å². The van der Waals surface area contributed by atoms with Gasteiger partial charge >= 0.3 is 0 Å². The second kappa shape index (κ2) is 9.22. The van der Waals surface area contributed by atoms with Crippen LogP contribution in [0.4, 0.5) is 15.2 Å². The average Bonchev–Trinajstić information content (AvgIpc) is 3.08. The smallest absolute Gasteiger partial charge is 0.210 e. The van der Waals surface area contributed by atoms with Crippen LogP contribution in [0.5, 0.6) is 0 Å². The monoisotopic (exact) mass is 391 g/mol. The fourth-order valence-corrected chi connectivity index (χ4v) is 4.87. The molecule has 0 unspecified atom stereocenters. The van der Waals surface area contributed by atoms with Gasteiger partial charge in [0, 0.05) is 22.1 Å². The van der Waals surface area contributed by atoms with Crippen molar-refractivity contribution in [1.29, 1.82) is 0 Å². The van der Waals surface area contributed by atoms with Gasteiger partial charge in [-0.05, 0) is 36.2 Å². The highest BCUT2D eigenvalue weighted by molar-refractivity contribution is 8.03. The van der Waals surface area contributed by atoms with Gasteiger partial charge in [-0.1, -0.05) is 54.3 Å². The molecule has 0 fully saturated rings. The van der Waals surface area contributed by atoms with E-state index in [1.54, 1.807) is 23.9 Å². The van der Waals surface area contributed by atoms with Gasteiger partial charge in [0.1, 0.15) is 5.82 Å². The summed E-state index contributed by atoms with van der Waals surface area (Å²) in [6.45, 7) is 2.14. The summed E-state index contributed by atoms with van der Waals surface area (Å²) in [5, 5.41) is 12.4. The number of benzene rings is 2. The van der Waals surface area contributed by atoms with E-state index in [1.165, 1.54) is 34.7 Å². The molecular weight excluding hydrogens is 373 g/mol. The Balaban J connectivity index is 1.46. The third-order valence-corrected chi connectivity index (χ3v) is 6.71. The third-order valence-electron chi connectivity index (χ3n) is 3.42. The van der Waals surface area contributed by atoms with Crippen molar-refractivity contribution in [3.05, 3.63) is 59.9 Å². The summed E-state index contributed by atoms with van der Waals surface area (Å²) in [6.07, 6.45) is 1.03. The maximum absolute atomic E-state index is 13.5. The highest BCUT2D eigenvalue weighted by atomic mass is 32.2. The van der Waals surface area contributed by atoms with Gasteiger partial charge in [0.25, 0.3) is 0 Å². The highest BCUT2D eigenvalue weighted by Gasteiger charge is 2.06. The van der Waals surface area contributed by atoms with E-state index in [0.717, 1.165) is 33.1 Å². The number of aromatic nitrogens is 2. The summed E-state index contributed by atoms with van der Waals surface area (Å²) in [4.78, 5) is 0.693. The van der Waals surface area contributed by atoms with Gasteiger partial charge < -0.3 is 5.32 Å². The van der Waals surface area contributed by atoms with Crippen LogP contribution in [0.25, 0.3) is 0 Å². The lowest BCUT2D eigenvalue weighted by molar-refractivity contribution is 0.602. The summed E-state index contributed by atoms with van der Waals surface area (Å²) in [5.74, 6) is 1.53. The largest absolute Gasteiger partial charge is 0.330 e. The van der Waals surface area contributed by atoms with E-state index in [1.807, 2.05) is 6.07 Å². The molecule has 3 nitrogen and oxygen atoms in total. The van der Waals surface area contributed by atoms with Crippen LogP contribution >= 0.6 is 34.9 Å². The molecule has 0 atom stereocenters. The first kappa shape index (κ1) is 18.2. The summed E-state index contributed by atoms with van der Waals surface area (Å²) >= 11 is 4.70. The summed E-state index contributed by atoms with van der Waals surface area (Å²) in [5.41, 5.74) is 2.33. The second-order valence-electron chi connectivity index (χ2n) is 5.18. The van der Waals surface area contributed by atoms with Crippen LogP contribution < -0.4 is 5.32 Å². The Labute approximate surface area is 159 Å². The number of rotatable bonds is 8. The third kappa shape index (κ3) is 5.45. The Morgan fingerprint density at radius 1 is 1.00 bits per heavy atom. The summed E-state index contributed by atoms with van der Waals surface area (Å²) in [7, 11) is 0. The Bertz CT molecular complexity index is 805. The molecule has 0 spiro atoms. The van der Waals surface area contributed by atoms with Crippen LogP contribution in [0.3, 0.4) is 0 Å². The minimum Gasteiger partial charge on any atom is -0.330 e. The van der Waals surface area contributed by atoms with Gasteiger partial charge in [0.15, 0.2) is 4.34 Å². The van der Waals surface area contributed by atoms with Crippen molar-refractivity contribution in [3.8, 4) is 0 Å². The Hall–Kier alpha value is -1.57. The molecule has 1 heterocycles. The standard InChI is InChI=1S/C18H18FN3S3/c1-2-13-7-9-14(10-8-13)20-17-21-22-18(25-17)24-12-11-23-16-6-4-3-5-15(16)19/h3-10H,2,11-12H2,1H3,(H,20,21). The second-order valence-corrected chi connectivity index (χ2v) is 8.63. The highest BCUT2D eigenvalue weighted by Crippen LogP contribution is 2.29.